The molecule has 0 saturated heterocycles. The zero-order chi connectivity index (χ0) is 17.9. The molecule has 2 aromatic rings. The molecule has 0 radical (unpaired) electrons. The molecule has 134 valence electrons. The third-order valence-electron chi connectivity index (χ3n) is 5.06. The number of nitriles is 1. The summed E-state index contributed by atoms with van der Waals surface area (Å²) in [7, 11) is 0. The highest BCUT2D eigenvalue weighted by atomic mass is 16.2. The van der Waals surface area contributed by atoms with E-state index in [0.29, 0.717) is 31.9 Å². The number of nitrogens with zero attached hydrogens (tertiary/aromatic N) is 5. The number of carbonyl (C=O) groups is 1. The van der Waals surface area contributed by atoms with E-state index in [1.54, 1.807) is 11.0 Å². The second kappa shape index (κ2) is 7.08. The minimum Gasteiger partial charge on any atom is -0.370 e. The van der Waals surface area contributed by atoms with Crippen LogP contribution in [0.4, 0.5) is 10.5 Å². The summed E-state index contributed by atoms with van der Waals surface area (Å²) >= 11 is 0. The SMILES string of the molecule is N#Cc1cc2n(n1)CCN(C(=O)NCCN1CCCc3ccccc31)C2. The molecule has 4 rings (SSSR count). The van der Waals surface area contributed by atoms with Crippen molar-refractivity contribution in [1.82, 2.24) is 20.0 Å². The van der Waals surface area contributed by atoms with Gasteiger partial charge in [0, 0.05) is 31.9 Å². The molecule has 0 aliphatic carbocycles. The Hall–Kier alpha value is -3.01. The van der Waals surface area contributed by atoms with Gasteiger partial charge in [0.25, 0.3) is 0 Å². The summed E-state index contributed by atoms with van der Waals surface area (Å²) in [5.74, 6) is 0. The average molecular weight is 350 g/mol. The van der Waals surface area contributed by atoms with Gasteiger partial charge in [-0.1, -0.05) is 18.2 Å². The Balaban J connectivity index is 1.31. The van der Waals surface area contributed by atoms with Crippen LogP contribution in [0.25, 0.3) is 0 Å². The van der Waals surface area contributed by atoms with Crippen molar-refractivity contribution in [2.45, 2.75) is 25.9 Å². The van der Waals surface area contributed by atoms with Crippen LogP contribution in [0.3, 0.4) is 0 Å². The minimum absolute atomic E-state index is 0.0544. The van der Waals surface area contributed by atoms with Gasteiger partial charge in [0.15, 0.2) is 5.69 Å². The first-order chi connectivity index (χ1) is 12.7. The second-order valence-corrected chi connectivity index (χ2v) is 6.73. The number of anilines is 1. The zero-order valence-corrected chi connectivity index (χ0v) is 14.7. The van der Waals surface area contributed by atoms with Gasteiger partial charge >= 0.3 is 6.03 Å². The van der Waals surface area contributed by atoms with Crippen LogP contribution < -0.4 is 10.2 Å². The Kier molecular flexibility index (Phi) is 4.48. The smallest absolute Gasteiger partial charge is 0.317 e. The molecule has 0 fully saturated rings. The summed E-state index contributed by atoms with van der Waals surface area (Å²) in [6, 6.07) is 12.3. The fourth-order valence-corrected chi connectivity index (χ4v) is 3.75. The maximum Gasteiger partial charge on any atom is 0.317 e. The summed E-state index contributed by atoms with van der Waals surface area (Å²) < 4.78 is 1.81. The van der Waals surface area contributed by atoms with Gasteiger partial charge in [0.1, 0.15) is 6.07 Å². The number of fused-ring (bicyclic) bond motifs is 2. The van der Waals surface area contributed by atoms with Crippen LogP contribution in [-0.4, -0.2) is 46.9 Å². The number of hydrogen-bond acceptors (Lipinski definition) is 4. The zero-order valence-electron chi connectivity index (χ0n) is 14.7. The molecule has 7 nitrogen and oxygen atoms in total. The van der Waals surface area contributed by atoms with Crippen molar-refractivity contribution < 1.29 is 4.79 Å². The molecule has 0 unspecified atom stereocenters. The molecule has 2 aliphatic heterocycles. The predicted octanol–water partition coefficient (Wildman–Crippen LogP) is 1.73. The largest absolute Gasteiger partial charge is 0.370 e. The third-order valence-corrected chi connectivity index (χ3v) is 5.06. The quantitative estimate of drug-likeness (QED) is 0.915. The first kappa shape index (κ1) is 16.5. The van der Waals surface area contributed by atoms with Crippen LogP contribution in [0, 0.1) is 11.3 Å². The highest BCUT2D eigenvalue weighted by Gasteiger charge is 2.22. The third kappa shape index (κ3) is 3.23. The molecule has 0 atom stereocenters. The van der Waals surface area contributed by atoms with E-state index in [-0.39, 0.29) is 6.03 Å². The predicted molar refractivity (Wildman–Crippen MR) is 97.7 cm³/mol. The molecular weight excluding hydrogens is 328 g/mol. The summed E-state index contributed by atoms with van der Waals surface area (Å²) in [4.78, 5) is 16.6. The number of aryl methyl sites for hydroxylation is 1. The number of aromatic nitrogens is 2. The minimum atomic E-state index is -0.0544. The molecule has 1 aromatic heterocycles. The lowest BCUT2D eigenvalue weighted by atomic mass is 10.0. The number of hydrogen-bond donors (Lipinski definition) is 1. The number of benzene rings is 1. The molecule has 0 saturated carbocycles. The van der Waals surface area contributed by atoms with Crippen LogP contribution in [0.1, 0.15) is 23.4 Å². The Morgan fingerprint density at radius 2 is 2.15 bits per heavy atom. The molecule has 3 heterocycles. The van der Waals surface area contributed by atoms with Crippen molar-refractivity contribution in [1.29, 1.82) is 5.26 Å². The van der Waals surface area contributed by atoms with Crippen molar-refractivity contribution in [3.05, 3.63) is 47.3 Å². The van der Waals surface area contributed by atoms with Gasteiger partial charge in [-0.2, -0.15) is 10.4 Å². The van der Waals surface area contributed by atoms with Gasteiger partial charge in [0.2, 0.25) is 0 Å². The van der Waals surface area contributed by atoms with E-state index in [1.807, 2.05) is 4.68 Å². The molecular formula is C19H22N6O. The Labute approximate surface area is 152 Å². The van der Waals surface area contributed by atoms with Crippen molar-refractivity contribution >= 4 is 11.7 Å². The lowest BCUT2D eigenvalue weighted by Crippen LogP contribution is -2.46. The fourth-order valence-electron chi connectivity index (χ4n) is 3.75. The van der Waals surface area contributed by atoms with Crippen LogP contribution in [0.2, 0.25) is 0 Å². The molecule has 0 spiro atoms. The van der Waals surface area contributed by atoms with Gasteiger partial charge in [0.05, 0.1) is 18.8 Å². The van der Waals surface area contributed by atoms with Crippen molar-refractivity contribution in [2.24, 2.45) is 0 Å². The Morgan fingerprint density at radius 1 is 1.27 bits per heavy atom. The molecule has 2 aliphatic rings. The molecule has 26 heavy (non-hydrogen) atoms. The van der Waals surface area contributed by atoms with Gasteiger partial charge in [-0.05, 0) is 30.5 Å². The molecule has 1 aromatic carbocycles. The number of carbonyl (C=O) groups excluding carboxylic acids is 1. The lowest BCUT2D eigenvalue weighted by molar-refractivity contribution is 0.181. The standard InChI is InChI=1S/C19H22N6O/c20-13-16-12-17-14-24(10-11-25(17)22-16)19(26)21-7-9-23-8-3-5-15-4-1-2-6-18(15)23/h1-2,4,6,12H,3,5,7-11,14H2,(H,21,26). The summed E-state index contributed by atoms with van der Waals surface area (Å²) in [6.07, 6.45) is 2.29. The normalized spacial score (nSPS) is 15.8. The summed E-state index contributed by atoms with van der Waals surface area (Å²) in [5.41, 5.74) is 4.00. The summed E-state index contributed by atoms with van der Waals surface area (Å²) in [5, 5.41) is 16.2. The van der Waals surface area contributed by atoms with Crippen LogP contribution in [0.5, 0.6) is 0 Å². The number of para-hydroxylation sites is 1. The van der Waals surface area contributed by atoms with Gasteiger partial charge in [-0.25, -0.2) is 4.79 Å². The van der Waals surface area contributed by atoms with Gasteiger partial charge in [-0.3, -0.25) is 4.68 Å². The highest BCUT2D eigenvalue weighted by Crippen LogP contribution is 2.26. The van der Waals surface area contributed by atoms with E-state index in [1.165, 1.54) is 11.3 Å². The van der Waals surface area contributed by atoms with Crippen molar-refractivity contribution in [3.8, 4) is 6.07 Å². The second-order valence-electron chi connectivity index (χ2n) is 6.73. The van der Waals surface area contributed by atoms with E-state index in [9.17, 15) is 4.79 Å². The first-order valence-corrected chi connectivity index (χ1v) is 9.07. The number of urea groups is 1. The molecule has 1 N–H and O–H groups in total. The van der Waals surface area contributed by atoms with E-state index in [2.05, 4.69) is 45.7 Å². The lowest BCUT2D eigenvalue weighted by Gasteiger charge is -2.32. The summed E-state index contributed by atoms with van der Waals surface area (Å²) in [6.45, 7) is 4.20. The highest BCUT2D eigenvalue weighted by molar-refractivity contribution is 5.74. The molecule has 0 bridgehead atoms. The van der Waals surface area contributed by atoms with Gasteiger partial charge in [-0.15, -0.1) is 0 Å². The van der Waals surface area contributed by atoms with Crippen molar-refractivity contribution in [3.63, 3.8) is 0 Å². The van der Waals surface area contributed by atoms with Crippen LogP contribution in [0.15, 0.2) is 30.3 Å². The van der Waals surface area contributed by atoms with Crippen molar-refractivity contribution in [2.75, 3.05) is 31.1 Å². The number of amides is 2. The monoisotopic (exact) mass is 350 g/mol. The van der Waals surface area contributed by atoms with Crippen LogP contribution >= 0.6 is 0 Å². The maximum atomic E-state index is 12.5. The number of nitrogens with one attached hydrogen (secondary N) is 1. The van der Waals surface area contributed by atoms with E-state index in [4.69, 9.17) is 5.26 Å². The average Bonchev–Trinajstić information content (AvgIpc) is 3.10. The van der Waals surface area contributed by atoms with Crippen LogP contribution in [-0.2, 0) is 19.5 Å². The van der Waals surface area contributed by atoms with E-state index in [0.717, 1.165) is 31.6 Å². The Morgan fingerprint density at radius 3 is 3.04 bits per heavy atom. The fraction of sp³-hybridized carbons (Fsp3) is 0.421. The number of rotatable bonds is 3. The Bertz CT molecular complexity index is 852. The topological polar surface area (TPSA) is 77.2 Å². The molecule has 7 heteroatoms. The van der Waals surface area contributed by atoms with E-state index < -0.39 is 0 Å². The molecule has 2 amide bonds. The maximum absolute atomic E-state index is 12.5. The van der Waals surface area contributed by atoms with E-state index >= 15 is 0 Å². The van der Waals surface area contributed by atoms with Gasteiger partial charge < -0.3 is 15.1 Å². The first-order valence-electron chi connectivity index (χ1n) is 9.07.